The number of halogens is 3. The number of benzene rings is 3. The van der Waals surface area contributed by atoms with E-state index in [1.807, 2.05) is 17.3 Å². The Labute approximate surface area is 196 Å². The molecular weight excluding hydrogens is 531 g/mol. The average Bonchev–Trinajstić information content (AvgIpc) is 2.77. The molecule has 3 aromatic carbocycles. The Morgan fingerprint density at radius 3 is 1.77 bits per heavy atom. The van der Waals surface area contributed by atoms with Gasteiger partial charge in [-0.1, -0.05) is 77.9 Å². The second kappa shape index (κ2) is 13.0. The third kappa shape index (κ3) is 7.74. The van der Waals surface area contributed by atoms with E-state index >= 15 is 0 Å². The Hall–Kier alpha value is -1.70. The van der Waals surface area contributed by atoms with Crippen LogP contribution < -0.4 is 0 Å². The average molecular weight is 552 g/mol. The van der Waals surface area contributed by atoms with Crippen LogP contribution in [0.15, 0.2) is 78.9 Å². The molecule has 0 fully saturated rings. The van der Waals surface area contributed by atoms with E-state index in [4.69, 9.17) is 5.73 Å². The molecule has 2 unspecified atom stereocenters. The molecule has 0 aliphatic carbocycles. The van der Waals surface area contributed by atoms with Gasteiger partial charge in [0.05, 0.1) is 15.8 Å². The summed E-state index contributed by atoms with van der Waals surface area (Å²) in [5, 5.41) is 0. The van der Waals surface area contributed by atoms with Crippen molar-refractivity contribution in [1.82, 2.24) is 0 Å². The number of hydrogen-bond acceptors (Lipinski definition) is 2. The molecule has 0 heterocycles. The maximum atomic E-state index is 13.9. The van der Waals surface area contributed by atoms with E-state index in [2.05, 4.69) is 14.4 Å². The SMILES string of the molecule is [CH3-].[Cl][Ru+3].[NH-]C(c1ccccc1)C([N-]S(=O)(=O)Cc1c(F)cccc1F)c1ccccc1. The molecule has 2 atom stereocenters. The monoisotopic (exact) mass is 552 g/mol. The van der Waals surface area contributed by atoms with Gasteiger partial charge in [-0.25, -0.2) is 17.2 Å². The van der Waals surface area contributed by atoms with E-state index in [1.54, 1.807) is 60.7 Å². The molecule has 9 heteroatoms. The number of rotatable bonds is 7. The maximum absolute atomic E-state index is 13.9. The van der Waals surface area contributed by atoms with E-state index in [9.17, 15) is 17.2 Å². The minimum Gasteiger partial charge on any atom is -0.672 e. The first-order valence-electron chi connectivity index (χ1n) is 8.69. The first-order valence-corrected chi connectivity index (χ1v) is 12.5. The third-order valence-electron chi connectivity index (χ3n) is 4.28. The summed E-state index contributed by atoms with van der Waals surface area (Å²) in [6.07, 6.45) is 0. The zero-order valence-electron chi connectivity index (χ0n) is 16.5. The molecule has 0 saturated heterocycles. The quantitative estimate of drug-likeness (QED) is 0.238. The molecular formula is C22H21ClF2N2O2RuS. The van der Waals surface area contributed by atoms with Crippen molar-refractivity contribution in [2.24, 2.45) is 0 Å². The van der Waals surface area contributed by atoms with Crippen LogP contribution in [-0.2, 0) is 33.1 Å². The van der Waals surface area contributed by atoms with E-state index < -0.39 is 45.1 Å². The number of sulfonamides is 1. The summed E-state index contributed by atoms with van der Waals surface area (Å²) in [5.74, 6) is -2.79. The van der Waals surface area contributed by atoms with Crippen LogP contribution >= 0.6 is 9.69 Å². The van der Waals surface area contributed by atoms with Gasteiger partial charge >= 0.3 is 27.0 Å². The van der Waals surface area contributed by atoms with Crippen LogP contribution in [0.1, 0.15) is 28.8 Å². The number of nitrogens with zero attached hydrogens (tertiary/aromatic N) is 1. The standard InChI is InChI=1S/C21H18F2N2O2S.CH3.ClH.Ru/c22-18-12-7-13-19(23)17(18)14-28(26,27)25-21(16-10-5-2-6-11-16)20(24)15-8-3-1-4-9-15;;;/h1-13,20-21,24H,14H2;1H3;1H;/q-2;-1;;+4/p-1. The minimum absolute atomic E-state index is 0. The van der Waals surface area contributed by atoms with E-state index in [0.717, 1.165) is 12.1 Å². The Bertz CT molecular complexity index is 1020. The topological polar surface area (TPSA) is 72.0 Å². The minimum atomic E-state index is -4.26. The fourth-order valence-corrected chi connectivity index (χ4v) is 4.17. The van der Waals surface area contributed by atoms with Crippen LogP contribution in [0.25, 0.3) is 10.5 Å². The summed E-state index contributed by atoms with van der Waals surface area (Å²) in [5.41, 5.74) is 9.11. The van der Waals surface area contributed by atoms with Crippen molar-refractivity contribution >= 4 is 19.7 Å². The predicted octanol–water partition coefficient (Wildman–Crippen LogP) is 6.84. The fraction of sp³-hybridized carbons (Fsp3) is 0.136. The molecule has 0 saturated carbocycles. The molecule has 0 radical (unpaired) electrons. The van der Waals surface area contributed by atoms with Gasteiger partial charge < -0.3 is 17.9 Å². The molecule has 0 aliphatic rings. The largest absolute Gasteiger partial charge is 0.672 e. The van der Waals surface area contributed by atoms with Gasteiger partial charge in [0.1, 0.15) is 11.6 Å². The van der Waals surface area contributed by atoms with Crippen LogP contribution in [0.2, 0.25) is 0 Å². The molecule has 1 N–H and O–H groups in total. The van der Waals surface area contributed by atoms with Crippen molar-refractivity contribution in [3.05, 3.63) is 125 Å². The molecule has 3 aromatic rings. The van der Waals surface area contributed by atoms with E-state index in [1.165, 1.54) is 6.07 Å². The van der Waals surface area contributed by atoms with Gasteiger partial charge in [0.25, 0.3) is 0 Å². The summed E-state index contributed by atoms with van der Waals surface area (Å²) >= 11 is 1.82. The van der Waals surface area contributed by atoms with Crippen LogP contribution in [0.5, 0.6) is 0 Å². The van der Waals surface area contributed by atoms with Gasteiger partial charge in [-0.15, -0.1) is 12.1 Å². The third-order valence-corrected chi connectivity index (χ3v) is 5.48. The van der Waals surface area contributed by atoms with Crippen molar-refractivity contribution in [3.63, 3.8) is 0 Å². The predicted molar refractivity (Wildman–Crippen MR) is 117 cm³/mol. The Morgan fingerprint density at radius 1 is 0.839 bits per heavy atom. The second-order valence-corrected chi connectivity index (χ2v) is 7.94. The molecule has 31 heavy (non-hydrogen) atoms. The molecule has 166 valence electrons. The molecule has 0 aromatic heterocycles. The zero-order valence-corrected chi connectivity index (χ0v) is 19.8. The van der Waals surface area contributed by atoms with Crippen LogP contribution in [0, 0.1) is 19.1 Å². The van der Waals surface area contributed by atoms with Crippen molar-refractivity contribution in [2.45, 2.75) is 17.8 Å². The van der Waals surface area contributed by atoms with Gasteiger partial charge in [-0.05, 0) is 12.1 Å². The molecule has 0 bridgehead atoms. The van der Waals surface area contributed by atoms with Crippen molar-refractivity contribution in [1.29, 1.82) is 0 Å². The smallest absolute Gasteiger partial charge is 0.130 e. The van der Waals surface area contributed by atoms with Gasteiger partial charge in [-0.3, -0.25) is 0 Å². The van der Waals surface area contributed by atoms with Gasteiger partial charge in [-0.2, -0.15) is 0 Å². The summed E-state index contributed by atoms with van der Waals surface area (Å²) in [6, 6.07) is 18.4. The number of nitrogens with one attached hydrogen (secondary N) is 1. The first-order chi connectivity index (χ1) is 14.4. The van der Waals surface area contributed by atoms with Crippen LogP contribution in [0.3, 0.4) is 0 Å². The van der Waals surface area contributed by atoms with Crippen molar-refractivity contribution < 1.29 is 34.5 Å². The Kier molecular flexibility index (Phi) is 11.5. The van der Waals surface area contributed by atoms with Crippen molar-refractivity contribution in [3.8, 4) is 0 Å². The van der Waals surface area contributed by atoms with E-state index in [-0.39, 0.29) is 7.43 Å². The molecule has 0 amide bonds. The van der Waals surface area contributed by atoms with Gasteiger partial charge in [0.2, 0.25) is 0 Å². The molecule has 3 rings (SSSR count). The summed E-state index contributed by atoms with van der Waals surface area (Å²) in [6.45, 7) is 0. The van der Waals surface area contributed by atoms with E-state index in [0.29, 0.717) is 11.1 Å². The van der Waals surface area contributed by atoms with Crippen molar-refractivity contribution in [2.75, 3.05) is 0 Å². The molecule has 4 nitrogen and oxygen atoms in total. The Balaban J connectivity index is 0.00000156. The van der Waals surface area contributed by atoms with Gasteiger partial charge in [0.15, 0.2) is 0 Å². The zero-order chi connectivity index (χ0) is 22.1. The summed E-state index contributed by atoms with van der Waals surface area (Å²) in [7, 11) is 0.314. The maximum Gasteiger partial charge on any atom is 0.130 e. The summed E-state index contributed by atoms with van der Waals surface area (Å²) in [4.78, 5) is 0. The normalized spacial score (nSPS) is 12.6. The second-order valence-electron chi connectivity index (χ2n) is 6.28. The summed E-state index contributed by atoms with van der Waals surface area (Å²) < 4.78 is 56.9. The van der Waals surface area contributed by atoms with Gasteiger partial charge in [0, 0.05) is 5.56 Å². The number of hydrogen-bond donors (Lipinski definition) is 0. The first kappa shape index (κ1) is 27.3. The molecule has 0 aliphatic heterocycles. The van der Waals surface area contributed by atoms with Crippen LogP contribution in [0.4, 0.5) is 8.78 Å². The Morgan fingerprint density at radius 2 is 1.29 bits per heavy atom. The molecule has 0 spiro atoms. The fourth-order valence-electron chi connectivity index (χ4n) is 2.87. The van der Waals surface area contributed by atoms with Crippen LogP contribution in [-0.4, -0.2) is 8.42 Å².